The van der Waals surface area contributed by atoms with Crippen LogP contribution in [0.15, 0.2) is 85.4 Å². The van der Waals surface area contributed by atoms with Gasteiger partial charge in [0.05, 0.1) is 24.4 Å². The number of carbonyl (C=O) groups excluding carboxylic acids is 1. The summed E-state index contributed by atoms with van der Waals surface area (Å²) in [6.45, 7) is 9.43. The van der Waals surface area contributed by atoms with E-state index in [1.54, 1.807) is 13.4 Å². The van der Waals surface area contributed by atoms with Crippen molar-refractivity contribution in [2.45, 2.75) is 40.5 Å². The average molecular weight is 553 g/mol. The van der Waals surface area contributed by atoms with Gasteiger partial charge in [-0.2, -0.15) is 5.26 Å². The minimum atomic E-state index is -0.314. The van der Waals surface area contributed by atoms with Crippen molar-refractivity contribution >= 4 is 6.41 Å². The number of aromatic amines is 1. The second kappa shape index (κ2) is 16.1. The Kier molecular flexibility index (Phi) is 12.9. The number of rotatable bonds is 7. The van der Waals surface area contributed by atoms with E-state index in [-0.39, 0.29) is 5.41 Å². The monoisotopic (exact) mass is 552 g/mol. The van der Waals surface area contributed by atoms with Crippen molar-refractivity contribution in [3.63, 3.8) is 0 Å². The van der Waals surface area contributed by atoms with Crippen LogP contribution < -0.4 is 10.1 Å². The molecule has 0 bridgehead atoms. The van der Waals surface area contributed by atoms with Crippen LogP contribution in [0.25, 0.3) is 0 Å². The van der Waals surface area contributed by atoms with Crippen LogP contribution in [0.2, 0.25) is 0 Å². The molecule has 1 aromatic carbocycles. The van der Waals surface area contributed by atoms with E-state index in [9.17, 15) is 5.26 Å². The highest BCUT2D eigenvalue weighted by atomic mass is 16.5. The largest absolute Gasteiger partial charge is 0.494 e. The van der Waals surface area contributed by atoms with Gasteiger partial charge in [-0.1, -0.05) is 74.6 Å². The van der Waals surface area contributed by atoms with E-state index in [4.69, 9.17) is 9.53 Å². The number of hydrogen-bond acceptors (Lipinski definition) is 4. The predicted molar refractivity (Wildman–Crippen MR) is 167 cm³/mol. The molecule has 41 heavy (non-hydrogen) atoms. The first kappa shape index (κ1) is 32.9. The number of nitrogens with zero attached hydrogens (tertiary/aromatic N) is 2. The number of amides is 1. The number of terminal acetylenes is 1. The fraction of sp³-hybridized carbons (Fsp3) is 0.400. The summed E-state index contributed by atoms with van der Waals surface area (Å²) in [7, 11) is 1.56. The molecule has 5 rings (SSSR count). The Labute approximate surface area is 246 Å². The number of hydrogen-bond donors (Lipinski definition) is 2. The number of H-pyrrole nitrogens is 1. The Balaban J connectivity index is 0.000000248. The van der Waals surface area contributed by atoms with Crippen LogP contribution in [0.1, 0.15) is 45.4 Å². The number of benzene rings is 1. The highest BCUT2D eigenvalue weighted by Crippen LogP contribution is 2.71. The summed E-state index contributed by atoms with van der Waals surface area (Å²) in [5, 5.41) is 12.2. The van der Waals surface area contributed by atoms with Gasteiger partial charge in [-0.15, -0.1) is 12.8 Å². The van der Waals surface area contributed by atoms with Crippen molar-refractivity contribution in [3.8, 4) is 24.7 Å². The van der Waals surface area contributed by atoms with E-state index < -0.39 is 0 Å². The first-order valence-corrected chi connectivity index (χ1v) is 14.1. The topological polar surface area (TPSA) is 90.8 Å². The number of carbonyl (C=O) groups is 1. The Morgan fingerprint density at radius 2 is 1.88 bits per heavy atom. The van der Waals surface area contributed by atoms with Crippen LogP contribution in [-0.2, 0) is 11.2 Å². The summed E-state index contributed by atoms with van der Waals surface area (Å²) in [6, 6.07) is 10.8. The van der Waals surface area contributed by atoms with Gasteiger partial charge in [-0.3, -0.25) is 4.79 Å². The van der Waals surface area contributed by atoms with Crippen LogP contribution in [0, 0.1) is 58.7 Å². The lowest BCUT2D eigenvalue weighted by Gasteiger charge is -2.52. The summed E-state index contributed by atoms with van der Waals surface area (Å²) in [4.78, 5) is 16.1. The molecule has 6 nitrogen and oxygen atoms in total. The van der Waals surface area contributed by atoms with Gasteiger partial charge in [-0.25, -0.2) is 4.98 Å². The van der Waals surface area contributed by atoms with E-state index >= 15 is 0 Å². The molecule has 216 valence electrons. The molecule has 5 unspecified atom stereocenters. The molecule has 0 spiro atoms. The third kappa shape index (κ3) is 7.89. The maximum Gasteiger partial charge on any atom is 0.206 e. The molecule has 0 saturated heterocycles. The summed E-state index contributed by atoms with van der Waals surface area (Å²) in [5.74, 6) is 2.94. The molecule has 2 aromatic rings. The second-order valence-corrected chi connectivity index (χ2v) is 10.9. The van der Waals surface area contributed by atoms with E-state index in [2.05, 4.69) is 96.6 Å². The predicted octanol–water partition coefficient (Wildman–Crippen LogP) is 6.67. The molecule has 1 aromatic heterocycles. The molecular weight excluding hydrogens is 508 g/mol. The number of ether oxygens (including phenoxy) is 1. The lowest BCUT2D eigenvalue weighted by molar-refractivity contribution is -0.109. The summed E-state index contributed by atoms with van der Waals surface area (Å²) >= 11 is 0. The minimum Gasteiger partial charge on any atom is -0.494 e. The van der Waals surface area contributed by atoms with E-state index in [1.165, 1.54) is 12.0 Å². The maximum absolute atomic E-state index is 9.96. The summed E-state index contributed by atoms with van der Waals surface area (Å²) < 4.78 is 5.38. The van der Waals surface area contributed by atoms with Crippen LogP contribution in [0.3, 0.4) is 0 Å². The number of nitriles is 1. The lowest BCUT2D eigenvalue weighted by Crippen LogP contribution is -2.47. The van der Waals surface area contributed by atoms with Crippen LogP contribution in [0.4, 0.5) is 0 Å². The van der Waals surface area contributed by atoms with Crippen LogP contribution >= 0.6 is 0 Å². The minimum absolute atomic E-state index is 0.314. The zero-order valence-electron chi connectivity index (χ0n) is 25.0. The first-order valence-electron chi connectivity index (χ1n) is 14.1. The molecule has 1 amide bonds. The molecule has 2 saturated carbocycles. The van der Waals surface area contributed by atoms with E-state index in [1.807, 2.05) is 44.3 Å². The maximum atomic E-state index is 9.96. The number of nitrogens with one attached hydrogen (secondary N) is 2. The van der Waals surface area contributed by atoms with Crippen LogP contribution in [0.5, 0.6) is 5.75 Å². The number of imidazole rings is 1. The number of aromatic nitrogens is 2. The zero-order chi connectivity index (χ0) is 30.3. The summed E-state index contributed by atoms with van der Waals surface area (Å²) in [5.41, 5.74) is 2.43. The van der Waals surface area contributed by atoms with Gasteiger partial charge in [-0.05, 0) is 61.1 Å². The van der Waals surface area contributed by atoms with Gasteiger partial charge in [0.25, 0.3) is 0 Å². The lowest BCUT2D eigenvalue weighted by atomic mass is 9.51. The zero-order valence-corrected chi connectivity index (χ0v) is 25.0. The third-order valence-electron chi connectivity index (χ3n) is 8.01. The second-order valence-electron chi connectivity index (χ2n) is 10.9. The number of allylic oxidation sites excluding steroid dienone is 8. The highest BCUT2D eigenvalue weighted by Gasteiger charge is 2.67. The van der Waals surface area contributed by atoms with Gasteiger partial charge in [0.15, 0.2) is 0 Å². The van der Waals surface area contributed by atoms with Crippen molar-refractivity contribution < 1.29 is 9.53 Å². The molecule has 3 aliphatic carbocycles. The molecular formula is C35H44N4O2. The molecule has 0 radical (unpaired) electrons. The van der Waals surface area contributed by atoms with Gasteiger partial charge < -0.3 is 15.0 Å². The molecule has 2 fully saturated rings. The quantitative estimate of drug-likeness (QED) is 0.228. The Morgan fingerprint density at radius 1 is 1.20 bits per heavy atom. The van der Waals surface area contributed by atoms with Crippen molar-refractivity contribution in [2.75, 3.05) is 13.7 Å². The van der Waals surface area contributed by atoms with Gasteiger partial charge in [0.1, 0.15) is 5.75 Å². The standard InChI is InChI=1S/C19H23N.C12H14N2O.C2H5NO.C2H2/c1-4-5-8-11-19(13-20)15-10-7-6-9-14(15)17-16(19)12-18(17,2)3;1-2-15-12-5-3-10(4-6-12)7-11-8-13-9-14-11;1-3-2-4;1-2/h4-11,14-17H,12H2,1-3H3;3-6,8-9H,2,7H2,1H3,(H,13,14);2H,1H3,(H,3,4);1-2H/b5-4-,11-8-;;;. The Bertz CT molecular complexity index is 1250. The van der Waals surface area contributed by atoms with Gasteiger partial charge in [0.2, 0.25) is 6.41 Å². The van der Waals surface area contributed by atoms with Crippen molar-refractivity contribution in [1.29, 1.82) is 5.26 Å². The molecule has 0 aliphatic heterocycles. The highest BCUT2D eigenvalue weighted by molar-refractivity contribution is 5.44. The van der Waals surface area contributed by atoms with Gasteiger partial charge >= 0.3 is 0 Å². The van der Waals surface area contributed by atoms with Crippen LogP contribution in [-0.4, -0.2) is 30.0 Å². The average Bonchev–Trinajstić information content (AvgIpc) is 3.59. The van der Waals surface area contributed by atoms with Crippen molar-refractivity contribution in [1.82, 2.24) is 15.3 Å². The van der Waals surface area contributed by atoms with Crippen molar-refractivity contribution in [2.24, 2.45) is 34.5 Å². The molecule has 5 atom stereocenters. The van der Waals surface area contributed by atoms with Gasteiger partial charge in [0, 0.05) is 31.3 Å². The molecule has 3 aliphatic rings. The fourth-order valence-electron chi connectivity index (χ4n) is 6.39. The molecule has 1 heterocycles. The summed E-state index contributed by atoms with van der Waals surface area (Å²) in [6.07, 6.45) is 31.4. The normalized spacial score (nSPS) is 25.9. The van der Waals surface area contributed by atoms with E-state index in [0.717, 1.165) is 17.9 Å². The third-order valence-corrected chi connectivity index (χ3v) is 8.01. The molecule has 6 heteroatoms. The Morgan fingerprint density at radius 3 is 2.41 bits per heavy atom. The SMILES string of the molecule is C#C.C/C=C\C=C/C1(C#N)C2C=CC=CC2C2C1CC2(C)C.CCOc1ccc(Cc2cnc[nH]2)cc1.CNC=O. The first-order chi connectivity index (χ1) is 19.9. The fourth-order valence-corrected chi connectivity index (χ4v) is 6.39. The van der Waals surface area contributed by atoms with Crippen molar-refractivity contribution in [3.05, 3.63) is 96.7 Å². The smallest absolute Gasteiger partial charge is 0.206 e. The number of fused-ring (bicyclic) bond motifs is 3. The van der Waals surface area contributed by atoms with E-state index in [0.29, 0.717) is 42.1 Å². The molecule has 2 N–H and O–H groups in total. The Hall–Kier alpha value is -4.29.